The number of para-hydroxylation sites is 1. The summed E-state index contributed by atoms with van der Waals surface area (Å²) in [5, 5.41) is 15.2. The predicted molar refractivity (Wildman–Crippen MR) is 134 cm³/mol. The van der Waals surface area contributed by atoms with E-state index >= 15 is 0 Å². The Morgan fingerprint density at radius 2 is 1.84 bits per heavy atom. The van der Waals surface area contributed by atoms with Crippen molar-refractivity contribution >= 4 is 34.7 Å². The zero-order chi connectivity index (χ0) is 22.3. The van der Waals surface area contributed by atoms with Gasteiger partial charge in [0.15, 0.2) is 5.16 Å². The number of anilines is 1. The number of thiophene rings is 1. The normalized spacial score (nSPS) is 14.6. The second-order valence-corrected chi connectivity index (χ2v) is 10.3. The Kier molecular flexibility index (Phi) is 8.03. The van der Waals surface area contributed by atoms with Crippen molar-refractivity contribution in [1.82, 2.24) is 14.8 Å². The van der Waals surface area contributed by atoms with Gasteiger partial charge in [-0.2, -0.15) is 0 Å². The number of hydrogen-bond acceptors (Lipinski definition) is 5. The van der Waals surface area contributed by atoms with Gasteiger partial charge in [0.2, 0.25) is 5.91 Å². The number of rotatable bonds is 9. The van der Waals surface area contributed by atoms with E-state index < -0.39 is 0 Å². The summed E-state index contributed by atoms with van der Waals surface area (Å²) in [5.41, 5.74) is 3.35. The number of benzene rings is 1. The Bertz CT molecular complexity index is 1000. The van der Waals surface area contributed by atoms with Crippen LogP contribution < -0.4 is 5.32 Å². The molecule has 170 valence electrons. The average Bonchev–Trinajstić information content (AvgIpc) is 3.48. The summed E-state index contributed by atoms with van der Waals surface area (Å²) < 4.78 is 2.33. The van der Waals surface area contributed by atoms with Gasteiger partial charge in [-0.1, -0.05) is 69.1 Å². The van der Waals surface area contributed by atoms with E-state index in [0.29, 0.717) is 11.8 Å². The maximum atomic E-state index is 12.9. The molecule has 1 aliphatic rings. The Labute approximate surface area is 199 Å². The fourth-order valence-corrected chi connectivity index (χ4v) is 6.04. The second-order valence-electron chi connectivity index (χ2n) is 8.31. The number of thioether (sulfide) groups is 1. The van der Waals surface area contributed by atoms with Crippen molar-refractivity contribution in [1.29, 1.82) is 0 Å². The molecular weight excluding hydrogens is 436 g/mol. The van der Waals surface area contributed by atoms with Crippen LogP contribution in [-0.4, -0.2) is 26.4 Å². The van der Waals surface area contributed by atoms with Crippen molar-refractivity contribution in [2.45, 2.75) is 76.4 Å². The minimum Gasteiger partial charge on any atom is -0.325 e. The quantitative estimate of drug-likeness (QED) is 0.375. The van der Waals surface area contributed by atoms with E-state index in [0.717, 1.165) is 35.9 Å². The molecule has 1 fully saturated rings. The lowest BCUT2D eigenvalue weighted by molar-refractivity contribution is -0.113. The van der Waals surface area contributed by atoms with Gasteiger partial charge in [0.25, 0.3) is 0 Å². The van der Waals surface area contributed by atoms with Crippen LogP contribution in [0.15, 0.2) is 40.9 Å². The minimum absolute atomic E-state index is 0.0172. The summed E-state index contributed by atoms with van der Waals surface area (Å²) in [4.78, 5) is 14.2. The molecule has 1 aromatic carbocycles. The van der Waals surface area contributed by atoms with E-state index in [1.165, 1.54) is 59.9 Å². The van der Waals surface area contributed by atoms with E-state index in [1.807, 2.05) is 0 Å². The van der Waals surface area contributed by atoms with Gasteiger partial charge in [0.05, 0.1) is 5.75 Å². The van der Waals surface area contributed by atoms with E-state index in [2.05, 4.69) is 69.6 Å². The first kappa shape index (κ1) is 23.1. The van der Waals surface area contributed by atoms with Gasteiger partial charge in [0, 0.05) is 23.0 Å². The van der Waals surface area contributed by atoms with Crippen molar-refractivity contribution in [3.8, 4) is 0 Å². The van der Waals surface area contributed by atoms with Crippen LogP contribution >= 0.6 is 23.1 Å². The Morgan fingerprint density at radius 3 is 2.50 bits per heavy atom. The molecule has 0 bridgehead atoms. The number of carbonyl (C=O) groups is 1. The molecule has 1 aliphatic carbocycles. The molecular formula is C25H32N4OS2. The van der Waals surface area contributed by atoms with Crippen LogP contribution in [0, 0.1) is 0 Å². The average molecular weight is 469 g/mol. The highest BCUT2D eigenvalue weighted by atomic mass is 32.2. The highest BCUT2D eigenvalue weighted by Gasteiger charge is 2.24. The topological polar surface area (TPSA) is 59.8 Å². The molecule has 0 unspecified atom stereocenters. The van der Waals surface area contributed by atoms with Crippen molar-refractivity contribution in [3.63, 3.8) is 0 Å². The maximum absolute atomic E-state index is 12.9. The Hall–Kier alpha value is -2.12. The highest BCUT2D eigenvalue weighted by Crippen LogP contribution is 2.33. The number of aryl methyl sites for hydroxylation is 2. The van der Waals surface area contributed by atoms with Gasteiger partial charge in [-0.15, -0.1) is 21.5 Å². The lowest BCUT2D eigenvalue weighted by atomic mass is 9.95. The van der Waals surface area contributed by atoms with Gasteiger partial charge in [-0.25, -0.2) is 0 Å². The largest absolute Gasteiger partial charge is 0.325 e. The number of amides is 1. The van der Waals surface area contributed by atoms with Crippen LogP contribution in [0.2, 0.25) is 0 Å². The number of aromatic nitrogens is 3. The van der Waals surface area contributed by atoms with Crippen LogP contribution in [0.25, 0.3) is 0 Å². The second kappa shape index (κ2) is 11.1. The molecule has 2 heterocycles. The van der Waals surface area contributed by atoms with Gasteiger partial charge in [-0.05, 0) is 48.3 Å². The first-order valence-electron chi connectivity index (χ1n) is 11.7. The van der Waals surface area contributed by atoms with Crippen LogP contribution in [0.3, 0.4) is 0 Å². The summed E-state index contributed by atoms with van der Waals surface area (Å²) in [7, 11) is 0. The molecule has 0 atom stereocenters. The molecule has 0 radical (unpaired) electrons. The highest BCUT2D eigenvalue weighted by molar-refractivity contribution is 7.99. The van der Waals surface area contributed by atoms with Gasteiger partial charge in [-0.3, -0.25) is 4.79 Å². The number of hydrogen-bond donors (Lipinski definition) is 1. The van der Waals surface area contributed by atoms with Gasteiger partial charge >= 0.3 is 0 Å². The van der Waals surface area contributed by atoms with Crippen molar-refractivity contribution in [2.24, 2.45) is 0 Å². The minimum atomic E-state index is 0.0172. The van der Waals surface area contributed by atoms with Crippen LogP contribution in [-0.2, 0) is 24.1 Å². The summed E-state index contributed by atoms with van der Waals surface area (Å²) in [6, 6.07) is 10.9. The van der Waals surface area contributed by atoms with Gasteiger partial charge in [0.1, 0.15) is 5.82 Å². The molecule has 1 amide bonds. The standard InChI is InChI=1S/C25H32N4OS2/c1-3-18-10-8-11-19(4-2)24(18)26-23(30)17-32-25-28-27-22(16-21-14-9-15-31-21)29(25)20-12-6-5-7-13-20/h8-11,14-15,20H,3-7,12-13,16-17H2,1-2H3,(H,26,30). The fourth-order valence-electron chi connectivity index (χ4n) is 4.51. The van der Waals surface area contributed by atoms with E-state index in [-0.39, 0.29) is 5.91 Å². The van der Waals surface area contributed by atoms with Gasteiger partial charge < -0.3 is 9.88 Å². The summed E-state index contributed by atoms with van der Waals surface area (Å²) in [6.07, 6.45) is 8.74. The van der Waals surface area contributed by atoms with Crippen LogP contribution in [0.4, 0.5) is 5.69 Å². The molecule has 0 spiro atoms. The zero-order valence-corrected chi connectivity index (χ0v) is 20.6. The third kappa shape index (κ3) is 5.44. The lowest BCUT2D eigenvalue weighted by Gasteiger charge is -2.25. The molecule has 32 heavy (non-hydrogen) atoms. The number of carbonyl (C=O) groups excluding carboxylic acids is 1. The first-order valence-corrected chi connectivity index (χ1v) is 13.6. The molecule has 4 rings (SSSR count). The van der Waals surface area contributed by atoms with Crippen molar-refractivity contribution in [2.75, 3.05) is 11.1 Å². The van der Waals surface area contributed by atoms with Crippen LogP contribution in [0.5, 0.6) is 0 Å². The smallest absolute Gasteiger partial charge is 0.234 e. The third-order valence-electron chi connectivity index (χ3n) is 6.18. The molecule has 0 saturated heterocycles. The summed E-state index contributed by atoms with van der Waals surface area (Å²) in [6.45, 7) is 4.25. The van der Waals surface area contributed by atoms with E-state index in [9.17, 15) is 4.79 Å². The molecule has 1 saturated carbocycles. The lowest BCUT2D eigenvalue weighted by Crippen LogP contribution is -2.19. The first-order chi connectivity index (χ1) is 15.7. The van der Waals surface area contributed by atoms with E-state index in [4.69, 9.17) is 0 Å². The van der Waals surface area contributed by atoms with Crippen molar-refractivity contribution < 1.29 is 4.79 Å². The molecule has 5 nitrogen and oxygen atoms in total. The molecule has 7 heteroatoms. The number of nitrogens with zero attached hydrogens (tertiary/aromatic N) is 3. The Morgan fingerprint density at radius 1 is 1.09 bits per heavy atom. The molecule has 0 aliphatic heterocycles. The monoisotopic (exact) mass is 468 g/mol. The molecule has 3 aromatic rings. The van der Waals surface area contributed by atoms with Crippen molar-refractivity contribution in [3.05, 3.63) is 57.5 Å². The third-order valence-corrected chi connectivity index (χ3v) is 8.00. The number of nitrogens with one attached hydrogen (secondary N) is 1. The fraction of sp³-hybridized carbons (Fsp3) is 0.480. The predicted octanol–water partition coefficient (Wildman–Crippen LogP) is 6.29. The maximum Gasteiger partial charge on any atom is 0.234 e. The van der Waals surface area contributed by atoms with E-state index in [1.54, 1.807) is 11.3 Å². The Balaban J connectivity index is 1.49. The molecule has 1 N–H and O–H groups in total. The summed E-state index contributed by atoms with van der Waals surface area (Å²) in [5.74, 6) is 1.38. The van der Waals surface area contributed by atoms with Crippen LogP contribution in [0.1, 0.15) is 73.8 Å². The summed E-state index contributed by atoms with van der Waals surface area (Å²) >= 11 is 3.27. The molecule has 2 aromatic heterocycles. The zero-order valence-electron chi connectivity index (χ0n) is 19.0. The SMILES string of the molecule is CCc1cccc(CC)c1NC(=O)CSc1nnc(Cc2cccs2)n1C1CCCCC1.